The molecule has 0 bridgehead atoms. The van der Waals surface area contributed by atoms with E-state index in [4.69, 9.17) is 4.74 Å². The summed E-state index contributed by atoms with van der Waals surface area (Å²) in [4.78, 5) is 14.8. The Labute approximate surface area is 172 Å². The second-order valence-corrected chi connectivity index (χ2v) is 8.62. The third kappa shape index (κ3) is 4.77. The van der Waals surface area contributed by atoms with E-state index in [2.05, 4.69) is 0 Å². The van der Waals surface area contributed by atoms with Crippen LogP contribution in [0.5, 0.6) is 11.5 Å². The van der Waals surface area contributed by atoms with Crippen molar-refractivity contribution in [3.63, 3.8) is 0 Å². The molecule has 1 saturated heterocycles. The molecule has 0 aliphatic carbocycles. The van der Waals surface area contributed by atoms with Crippen molar-refractivity contribution in [2.45, 2.75) is 13.8 Å². The minimum absolute atomic E-state index is 0.156. The van der Waals surface area contributed by atoms with Crippen molar-refractivity contribution in [2.24, 2.45) is 0 Å². The highest BCUT2D eigenvalue weighted by Crippen LogP contribution is 2.26. The lowest BCUT2D eigenvalue weighted by Gasteiger charge is -2.36. The second kappa shape index (κ2) is 9.39. The lowest BCUT2D eigenvalue weighted by molar-refractivity contribution is 0.0691. The molecule has 0 saturated carbocycles. The molecule has 0 spiro atoms. The van der Waals surface area contributed by atoms with Crippen LogP contribution in [0.1, 0.15) is 24.2 Å². The summed E-state index contributed by atoms with van der Waals surface area (Å²) in [5, 5.41) is 0. The van der Waals surface area contributed by atoms with Gasteiger partial charge < -0.3 is 9.64 Å². The van der Waals surface area contributed by atoms with E-state index in [1.807, 2.05) is 50.2 Å². The second-order valence-electron chi connectivity index (χ2n) is 6.69. The fourth-order valence-corrected chi connectivity index (χ4v) is 4.96. The lowest BCUT2D eigenvalue weighted by Crippen LogP contribution is -2.54. The number of carbonyl (C=O) groups is 1. The molecule has 3 rings (SSSR count). The molecule has 1 aliphatic rings. The molecule has 0 radical (unpaired) electrons. The molecular formula is C21H27N3O4S. The topological polar surface area (TPSA) is 70.2 Å². The summed E-state index contributed by atoms with van der Waals surface area (Å²) in [6.45, 7) is 5.77. The van der Waals surface area contributed by atoms with E-state index >= 15 is 0 Å². The van der Waals surface area contributed by atoms with Crippen LogP contribution in [0.15, 0.2) is 54.6 Å². The maximum absolute atomic E-state index is 13.1. The average Bonchev–Trinajstić information content (AvgIpc) is 2.75. The van der Waals surface area contributed by atoms with Gasteiger partial charge in [0.2, 0.25) is 0 Å². The zero-order valence-corrected chi connectivity index (χ0v) is 17.6. The Morgan fingerprint density at radius 1 is 0.931 bits per heavy atom. The first-order chi connectivity index (χ1) is 14.0. The highest BCUT2D eigenvalue weighted by atomic mass is 32.2. The van der Waals surface area contributed by atoms with Gasteiger partial charge >= 0.3 is 0 Å². The molecule has 7 nitrogen and oxygen atoms in total. The van der Waals surface area contributed by atoms with Crippen LogP contribution in [0.4, 0.5) is 0 Å². The van der Waals surface area contributed by atoms with Gasteiger partial charge in [0.05, 0.1) is 5.56 Å². The van der Waals surface area contributed by atoms with E-state index in [9.17, 15) is 13.2 Å². The van der Waals surface area contributed by atoms with Crippen molar-refractivity contribution < 1.29 is 17.9 Å². The molecule has 29 heavy (non-hydrogen) atoms. The lowest BCUT2D eigenvalue weighted by atomic mass is 10.1. The number of para-hydroxylation sites is 2. The van der Waals surface area contributed by atoms with E-state index in [1.165, 1.54) is 8.61 Å². The van der Waals surface area contributed by atoms with Gasteiger partial charge in [0, 0.05) is 39.3 Å². The third-order valence-corrected chi connectivity index (χ3v) is 7.16. The highest BCUT2D eigenvalue weighted by Gasteiger charge is 2.32. The predicted octanol–water partition coefficient (Wildman–Crippen LogP) is 2.82. The number of amides is 1. The van der Waals surface area contributed by atoms with Crippen LogP contribution in [0.3, 0.4) is 0 Å². The number of carbonyl (C=O) groups excluding carboxylic acids is 1. The van der Waals surface area contributed by atoms with E-state index in [-0.39, 0.29) is 19.0 Å². The quantitative estimate of drug-likeness (QED) is 0.695. The molecule has 1 aliphatic heterocycles. The molecule has 2 aromatic rings. The third-order valence-electron chi connectivity index (χ3n) is 4.97. The van der Waals surface area contributed by atoms with Crippen molar-refractivity contribution in [1.82, 2.24) is 13.5 Å². The summed E-state index contributed by atoms with van der Waals surface area (Å²) in [5.41, 5.74) is 0.469. The van der Waals surface area contributed by atoms with Gasteiger partial charge in [-0.25, -0.2) is 0 Å². The van der Waals surface area contributed by atoms with Crippen molar-refractivity contribution in [1.29, 1.82) is 0 Å². The van der Waals surface area contributed by atoms with Gasteiger partial charge in [-0.2, -0.15) is 17.0 Å². The summed E-state index contributed by atoms with van der Waals surface area (Å²) in [5.74, 6) is 0.987. The van der Waals surface area contributed by atoms with Crippen LogP contribution >= 0.6 is 0 Å². The highest BCUT2D eigenvalue weighted by molar-refractivity contribution is 7.86. The summed E-state index contributed by atoms with van der Waals surface area (Å²) < 4.78 is 34.1. The smallest absolute Gasteiger partial charge is 0.282 e. The molecular weight excluding hydrogens is 390 g/mol. The Kier molecular flexibility index (Phi) is 6.89. The number of nitrogens with zero attached hydrogens (tertiary/aromatic N) is 3. The van der Waals surface area contributed by atoms with Crippen molar-refractivity contribution in [2.75, 3.05) is 39.3 Å². The van der Waals surface area contributed by atoms with Gasteiger partial charge in [-0.3, -0.25) is 4.79 Å². The van der Waals surface area contributed by atoms with Gasteiger partial charge in [-0.15, -0.1) is 0 Å². The maximum Gasteiger partial charge on any atom is 0.282 e. The molecule has 0 N–H and O–H groups in total. The maximum atomic E-state index is 13.1. The van der Waals surface area contributed by atoms with Gasteiger partial charge in [-0.05, 0) is 24.3 Å². The Morgan fingerprint density at radius 3 is 2.14 bits per heavy atom. The number of ether oxygens (including phenoxy) is 1. The van der Waals surface area contributed by atoms with Crippen LogP contribution in [-0.2, 0) is 10.2 Å². The number of piperazine rings is 1. The molecule has 8 heteroatoms. The Bertz CT molecular complexity index is 922. The first-order valence-corrected chi connectivity index (χ1v) is 11.2. The van der Waals surface area contributed by atoms with E-state index in [1.54, 1.807) is 23.1 Å². The van der Waals surface area contributed by atoms with Crippen LogP contribution < -0.4 is 4.74 Å². The molecule has 2 aromatic carbocycles. The predicted molar refractivity (Wildman–Crippen MR) is 112 cm³/mol. The van der Waals surface area contributed by atoms with E-state index in [0.717, 1.165) is 0 Å². The standard InChI is InChI=1S/C21H27N3O4S/c1-3-23(4-2)29(26,27)24-16-14-22(15-17-24)21(25)19-12-8-9-13-20(19)28-18-10-6-5-7-11-18/h5-13H,3-4,14-17H2,1-2H3. The van der Waals surface area contributed by atoms with Crippen LogP contribution in [-0.4, -0.2) is 67.1 Å². The van der Waals surface area contributed by atoms with Gasteiger partial charge in [0.1, 0.15) is 11.5 Å². The number of hydrogen-bond acceptors (Lipinski definition) is 4. The van der Waals surface area contributed by atoms with E-state index < -0.39 is 10.2 Å². The van der Waals surface area contributed by atoms with Crippen LogP contribution in [0, 0.1) is 0 Å². The number of hydrogen-bond donors (Lipinski definition) is 0. The molecule has 1 amide bonds. The van der Waals surface area contributed by atoms with Crippen molar-refractivity contribution >= 4 is 16.1 Å². The normalized spacial score (nSPS) is 15.5. The van der Waals surface area contributed by atoms with E-state index in [0.29, 0.717) is 43.2 Å². The van der Waals surface area contributed by atoms with Crippen LogP contribution in [0.25, 0.3) is 0 Å². The first kappa shape index (κ1) is 21.3. The molecule has 1 fully saturated rings. The summed E-state index contributed by atoms with van der Waals surface area (Å²) in [6.07, 6.45) is 0. The SMILES string of the molecule is CCN(CC)S(=O)(=O)N1CCN(C(=O)c2ccccc2Oc2ccccc2)CC1. The van der Waals surface area contributed by atoms with Crippen molar-refractivity contribution in [3.05, 3.63) is 60.2 Å². The Hall–Kier alpha value is -2.42. The monoisotopic (exact) mass is 417 g/mol. The first-order valence-electron chi connectivity index (χ1n) is 9.83. The molecule has 1 heterocycles. The fraction of sp³-hybridized carbons (Fsp3) is 0.381. The number of benzene rings is 2. The van der Waals surface area contributed by atoms with Gasteiger partial charge in [0.25, 0.3) is 16.1 Å². The van der Waals surface area contributed by atoms with Crippen LogP contribution in [0.2, 0.25) is 0 Å². The Morgan fingerprint density at radius 2 is 1.52 bits per heavy atom. The van der Waals surface area contributed by atoms with Crippen molar-refractivity contribution in [3.8, 4) is 11.5 Å². The fourth-order valence-electron chi connectivity index (χ4n) is 3.35. The zero-order valence-electron chi connectivity index (χ0n) is 16.8. The number of rotatable bonds is 7. The summed E-state index contributed by atoms with van der Waals surface area (Å²) in [7, 11) is -3.48. The zero-order chi connectivity index (χ0) is 20.9. The minimum Gasteiger partial charge on any atom is -0.457 e. The molecule has 0 aromatic heterocycles. The largest absolute Gasteiger partial charge is 0.457 e. The molecule has 156 valence electrons. The van der Waals surface area contributed by atoms with Gasteiger partial charge in [0.15, 0.2) is 0 Å². The minimum atomic E-state index is -3.48. The summed E-state index contributed by atoms with van der Waals surface area (Å²) >= 11 is 0. The molecule has 0 unspecified atom stereocenters. The average molecular weight is 418 g/mol. The van der Waals surface area contributed by atoms with Gasteiger partial charge in [-0.1, -0.05) is 44.2 Å². The summed E-state index contributed by atoms with van der Waals surface area (Å²) in [6, 6.07) is 16.4. The Balaban J connectivity index is 1.70. The molecule has 0 atom stereocenters.